The molecule has 0 aromatic heterocycles. The molecule has 0 bridgehead atoms. The van der Waals surface area contributed by atoms with Gasteiger partial charge in [-0.1, -0.05) is 40.0 Å². The van der Waals surface area contributed by atoms with E-state index in [0.29, 0.717) is 19.4 Å². The van der Waals surface area contributed by atoms with Crippen molar-refractivity contribution < 1.29 is 24.4 Å². The molecule has 0 aromatic rings. The van der Waals surface area contributed by atoms with Crippen LogP contribution in [0.1, 0.15) is 65.7 Å². The molecule has 18 heavy (non-hydrogen) atoms. The van der Waals surface area contributed by atoms with Crippen LogP contribution in [0, 0.1) is 0 Å². The van der Waals surface area contributed by atoms with Gasteiger partial charge in [-0.25, -0.2) is 9.68 Å². The van der Waals surface area contributed by atoms with E-state index in [0.717, 1.165) is 32.1 Å². The van der Waals surface area contributed by atoms with Crippen molar-refractivity contribution in [2.45, 2.75) is 71.5 Å². The average molecular weight is 262 g/mol. The Hall–Kier alpha value is -0.810. The van der Waals surface area contributed by atoms with Gasteiger partial charge in [0.05, 0.1) is 6.61 Å². The van der Waals surface area contributed by atoms with E-state index in [-0.39, 0.29) is 0 Å². The van der Waals surface area contributed by atoms with Crippen LogP contribution in [0.5, 0.6) is 0 Å². The van der Waals surface area contributed by atoms with Crippen molar-refractivity contribution in [1.82, 2.24) is 0 Å². The minimum absolute atomic E-state index is 0.440. The molecule has 0 heterocycles. The molecule has 1 N–H and O–H groups in total. The number of hydrogen-bond donors (Lipinski definition) is 1. The summed E-state index contributed by atoms with van der Waals surface area (Å²) in [7, 11) is 0. The predicted molar refractivity (Wildman–Crippen MR) is 68.2 cm³/mol. The third-order valence-electron chi connectivity index (χ3n) is 2.77. The molecule has 0 radical (unpaired) electrons. The highest BCUT2D eigenvalue weighted by Crippen LogP contribution is 2.26. The monoisotopic (exact) mass is 262 g/mol. The van der Waals surface area contributed by atoms with E-state index in [1.165, 1.54) is 0 Å². The van der Waals surface area contributed by atoms with E-state index >= 15 is 0 Å². The van der Waals surface area contributed by atoms with Gasteiger partial charge in [0.1, 0.15) is 0 Å². The van der Waals surface area contributed by atoms with Gasteiger partial charge in [0.15, 0.2) is 0 Å². The highest BCUT2D eigenvalue weighted by molar-refractivity contribution is 5.57. The molecule has 108 valence electrons. The average Bonchev–Trinajstić information content (AvgIpc) is 2.34. The van der Waals surface area contributed by atoms with Gasteiger partial charge in [-0.15, -0.1) is 0 Å². The maximum Gasteiger partial charge on any atom is 0.508 e. The summed E-state index contributed by atoms with van der Waals surface area (Å²) in [6.45, 7) is 6.42. The quantitative estimate of drug-likeness (QED) is 0.199. The number of unbranched alkanes of at least 4 members (excludes halogenated alkanes) is 3. The summed E-state index contributed by atoms with van der Waals surface area (Å²) in [6, 6.07) is 0. The number of hydrogen-bond acceptors (Lipinski definition) is 4. The van der Waals surface area contributed by atoms with Gasteiger partial charge < -0.3 is 9.84 Å². The van der Waals surface area contributed by atoms with Crippen molar-refractivity contribution in [3.8, 4) is 0 Å². The smallest absolute Gasteiger partial charge is 0.450 e. The Bertz CT molecular complexity index is 219. The summed E-state index contributed by atoms with van der Waals surface area (Å²) in [5.74, 6) is -1.16. The number of rotatable bonds is 11. The Labute approximate surface area is 109 Å². The molecule has 0 saturated carbocycles. The highest BCUT2D eigenvalue weighted by Gasteiger charge is 2.35. The standard InChI is InChI=1S/C13H26O5/c1-4-7-9-10-13(6-3,17-12(14)15)18-16-11-8-5-2/h4-11H2,1-3H3,(H,14,15). The van der Waals surface area contributed by atoms with E-state index in [1.807, 2.05) is 13.8 Å². The molecule has 0 aliphatic heterocycles. The summed E-state index contributed by atoms with van der Waals surface area (Å²) < 4.78 is 4.88. The molecule has 0 amide bonds. The fourth-order valence-electron chi connectivity index (χ4n) is 1.57. The molecule has 0 saturated heterocycles. The molecule has 0 fully saturated rings. The number of carboxylic acid groups (broad SMARTS) is 1. The zero-order valence-electron chi connectivity index (χ0n) is 11.7. The van der Waals surface area contributed by atoms with Gasteiger partial charge in [-0.05, 0) is 12.8 Å². The van der Waals surface area contributed by atoms with Crippen molar-refractivity contribution in [1.29, 1.82) is 0 Å². The molecule has 5 nitrogen and oxygen atoms in total. The second-order valence-electron chi connectivity index (χ2n) is 4.35. The minimum Gasteiger partial charge on any atom is -0.450 e. The summed E-state index contributed by atoms with van der Waals surface area (Å²) in [5, 5.41) is 8.78. The van der Waals surface area contributed by atoms with Gasteiger partial charge in [-0.2, -0.15) is 4.89 Å². The third kappa shape index (κ3) is 7.50. The van der Waals surface area contributed by atoms with Crippen molar-refractivity contribution in [2.24, 2.45) is 0 Å². The van der Waals surface area contributed by atoms with E-state index in [4.69, 9.17) is 19.6 Å². The summed E-state index contributed by atoms with van der Waals surface area (Å²) in [6.07, 6.45) is 4.44. The first-order valence-corrected chi connectivity index (χ1v) is 6.82. The lowest BCUT2D eigenvalue weighted by atomic mass is 10.1. The Morgan fingerprint density at radius 1 is 1.11 bits per heavy atom. The largest absolute Gasteiger partial charge is 0.508 e. The van der Waals surface area contributed by atoms with Crippen LogP contribution in [0.25, 0.3) is 0 Å². The molecule has 0 rings (SSSR count). The lowest BCUT2D eigenvalue weighted by Crippen LogP contribution is -2.37. The summed E-state index contributed by atoms with van der Waals surface area (Å²) in [4.78, 5) is 21.0. The van der Waals surface area contributed by atoms with E-state index < -0.39 is 11.9 Å². The van der Waals surface area contributed by atoms with Crippen LogP contribution in [0.2, 0.25) is 0 Å². The fourth-order valence-corrected chi connectivity index (χ4v) is 1.57. The van der Waals surface area contributed by atoms with Crippen molar-refractivity contribution in [2.75, 3.05) is 6.61 Å². The lowest BCUT2D eigenvalue weighted by Gasteiger charge is -2.29. The van der Waals surface area contributed by atoms with Crippen LogP contribution in [0.3, 0.4) is 0 Å². The molecule has 1 unspecified atom stereocenters. The van der Waals surface area contributed by atoms with Gasteiger partial charge in [0.2, 0.25) is 5.79 Å². The first-order valence-electron chi connectivity index (χ1n) is 6.82. The lowest BCUT2D eigenvalue weighted by molar-refractivity contribution is -0.421. The van der Waals surface area contributed by atoms with Crippen LogP contribution >= 0.6 is 0 Å². The van der Waals surface area contributed by atoms with Crippen LogP contribution in [-0.4, -0.2) is 23.7 Å². The Balaban J connectivity index is 4.29. The predicted octanol–water partition coefficient (Wildman–Crippen LogP) is 4.12. The van der Waals surface area contributed by atoms with Gasteiger partial charge in [0.25, 0.3) is 0 Å². The molecule has 0 aromatic carbocycles. The van der Waals surface area contributed by atoms with Gasteiger partial charge in [-0.3, -0.25) is 0 Å². The van der Waals surface area contributed by atoms with Gasteiger partial charge >= 0.3 is 6.16 Å². The zero-order chi connectivity index (χ0) is 13.9. The molecule has 0 spiro atoms. The molecular weight excluding hydrogens is 236 g/mol. The fraction of sp³-hybridized carbons (Fsp3) is 0.923. The van der Waals surface area contributed by atoms with Gasteiger partial charge in [0, 0.05) is 12.8 Å². The number of carbonyl (C=O) groups is 1. The van der Waals surface area contributed by atoms with E-state index in [2.05, 4.69) is 6.92 Å². The maximum atomic E-state index is 10.7. The topological polar surface area (TPSA) is 65.0 Å². The molecule has 0 aliphatic carbocycles. The maximum absolute atomic E-state index is 10.7. The van der Waals surface area contributed by atoms with E-state index in [9.17, 15) is 4.79 Å². The van der Waals surface area contributed by atoms with Crippen LogP contribution < -0.4 is 0 Å². The Morgan fingerprint density at radius 3 is 2.28 bits per heavy atom. The highest BCUT2D eigenvalue weighted by atomic mass is 17.2. The van der Waals surface area contributed by atoms with Crippen LogP contribution in [0.15, 0.2) is 0 Å². The first-order chi connectivity index (χ1) is 8.60. The molecular formula is C13H26O5. The second-order valence-corrected chi connectivity index (χ2v) is 4.35. The minimum atomic E-state index is -1.33. The Kier molecular flexibility index (Phi) is 9.69. The SMILES string of the molecule is CCCCCC(CC)(OOCCCC)OC(=O)O. The molecule has 5 heteroatoms. The van der Waals surface area contributed by atoms with Crippen molar-refractivity contribution >= 4 is 6.16 Å². The van der Waals surface area contributed by atoms with E-state index in [1.54, 1.807) is 0 Å². The Morgan fingerprint density at radius 2 is 1.78 bits per heavy atom. The first kappa shape index (κ1) is 17.2. The second kappa shape index (κ2) is 10.1. The molecule has 1 atom stereocenters. The van der Waals surface area contributed by atoms with Crippen molar-refractivity contribution in [3.63, 3.8) is 0 Å². The number of ether oxygens (including phenoxy) is 1. The normalized spacial score (nSPS) is 14.2. The van der Waals surface area contributed by atoms with Crippen LogP contribution in [0.4, 0.5) is 4.79 Å². The molecule has 0 aliphatic rings. The van der Waals surface area contributed by atoms with Crippen LogP contribution in [-0.2, 0) is 14.5 Å². The summed E-state index contributed by atoms with van der Waals surface area (Å²) >= 11 is 0. The zero-order valence-corrected chi connectivity index (χ0v) is 11.7. The van der Waals surface area contributed by atoms with Crippen molar-refractivity contribution in [3.05, 3.63) is 0 Å². The summed E-state index contributed by atoms with van der Waals surface area (Å²) in [5.41, 5.74) is 0. The third-order valence-corrected chi connectivity index (χ3v) is 2.77.